The number of aliphatic imine (C=N–C) groups is 1. The molecule has 3 rings (SSSR count). The molecule has 0 spiro atoms. The molecule has 23 heavy (non-hydrogen) atoms. The van der Waals surface area contributed by atoms with Crippen molar-refractivity contribution in [3.63, 3.8) is 0 Å². The smallest absolute Gasteiger partial charge is 0.338 e. The number of benzene rings is 1. The standard InChI is InChI=1S/C17H18N2O3S/c1-4-21-17(20)11-7-13-12(15-10(11)5-6-23-15)8-14(22-13)16(18)19-9(2)3/h5-9H,4H2,1-3H3,(H2,18,19). The quantitative estimate of drug-likeness (QED) is 0.446. The largest absolute Gasteiger partial charge is 0.462 e. The van der Waals surface area contributed by atoms with Crippen LogP contribution in [0.2, 0.25) is 0 Å². The van der Waals surface area contributed by atoms with Gasteiger partial charge in [-0.1, -0.05) is 0 Å². The highest BCUT2D eigenvalue weighted by molar-refractivity contribution is 7.18. The number of carbonyl (C=O) groups excluding carboxylic acids is 1. The van der Waals surface area contributed by atoms with Crippen LogP contribution in [0, 0.1) is 0 Å². The average Bonchev–Trinajstić information content (AvgIpc) is 3.11. The van der Waals surface area contributed by atoms with Crippen molar-refractivity contribution in [2.75, 3.05) is 6.61 Å². The highest BCUT2D eigenvalue weighted by atomic mass is 32.1. The van der Waals surface area contributed by atoms with Gasteiger partial charge in [-0.25, -0.2) is 4.79 Å². The van der Waals surface area contributed by atoms with Crippen LogP contribution in [0.25, 0.3) is 21.1 Å². The zero-order chi connectivity index (χ0) is 16.6. The number of ether oxygens (including phenoxy) is 1. The van der Waals surface area contributed by atoms with Gasteiger partial charge in [-0.2, -0.15) is 0 Å². The lowest BCUT2D eigenvalue weighted by atomic mass is 10.1. The van der Waals surface area contributed by atoms with Crippen molar-refractivity contribution in [1.29, 1.82) is 0 Å². The number of hydrogen-bond acceptors (Lipinski definition) is 5. The molecule has 1 aromatic carbocycles. The third kappa shape index (κ3) is 2.82. The summed E-state index contributed by atoms with van der Waals surface area (Å²) in [6.07, 6.45) is 0. The minimum Gasteiger partial charge on any atom is -0.462 e. The number of nitrogens with zero attached hydrogens (tertiary/aromatic N) is 1. The second-order valence-electron chi connectivity index (χ2n) is 5.44. The summed E-state index contributed by atoms with van der Waals surface area (Å²) >= 11 is 1.56. The first-order chi connectivity index (χ1) is 11.0. The van der Waals surface area contributed by atoms with Crippen molar-refractivity contribution in [3.8, 4) is 0 Å². The van der Waals surface area contributed by atoms with E-state index in [0.29, 0.717) is 29.3 Å². The van der Waals surface area contributed by atoms with Crippen LogP contribution in [-0.4, -0.2) is 24.5 Å². The molecule has 0 unspecified atom stereocenters. The number of carbonyl (C=O) groups is 1. The number of rotatable bonds is 4. The molecule has 2 heterocycles. The number of amidine groups is 1. The molecule has 0 saturated carbocycles. The van der Waals surface area contributed by atoms with Crippen LogP contribution in [0.3, 0.4) is 0 Å². The van der Waals surface area contributed by atoms with E-state index in [-0.39, 0.29) is 12.0 Å². The fraction of sp³-hybridized carbons (Fsp3) is 0.294. The van der Waals surface area contributed by atoms with Gasteiger partial charge in [0.15, 0.2) is 11.6 Å². The first-order valence-electron chi connectivity index (χ1n) is 7.45. The predicted molar refractivity (Wildman–Crippen MR) is 93.4 cm³/mol. The second-order valence-corrected chi connectivity index (χ2v) is 6.35. The van der Waals surface area contributed by atoms with Gasteiger partial charge in [-0.15, -0.1) is 11.3 Å². The molecule has 3 aromatic rings. The van der Waals surface area contributed by atoms with Crippen LogP contribution >= 0.6 is 11.3 Å². The molecule has 0 aliphatic heterocycles. The molecule has 0 fully saturated rings. The predicted octanol–water partition coefficient (Wildman–Crippen LogP) is 3.94. The van der Waals surface area contributed by atoms with Crippen molar-refractivity contribution in [2.45, 2.75) is 26.8 Å². The molecule has 120 valence electrons. The van der Waals surface area contributed by atoms with Crippen LogP contribution in [0.4, 0.5) is 0 Å². The maximum absolute atomic E-state index is 12.2. The van der Waals surface area contributed by atoms with Crippen LogP contribution in [0.5, 0.6) is 0 Å². The van der Waals surface area contributed by atoms with E-state index < -0.39 is 0 Å². The van der Waals surface area contributed by atoms with Gasteiger partial charge in [-0.3, -0.25) is 4.99 Å². The highest BCUT2D eigenvalue weighted by Gasteiger charge is 2.18. The van der Waals surface area contributed by atoms with Gasteiger partial charge in [0.2, 0.25) is 0 Å². The van der Waals surface area contributed by atoms with Gasteiger partial charge in [0.05, 0.1) is 12.2 Å². The monoisotopic (exact) mass is 330 g/mol. The summed E-state index contributed by atoms with van der Waals surface area (Å²) in [6.45, 7) is 6.02. The fourth-order valence-corrected chi connectivity index (χ4v) is 3.41. The second kappa shape index (κ2) is 6.04. The fourth-order valence-electron chi connectivity index (χ4n) is 2.47. The zero-order valence-electron chi connectivity index (χ0n) is 13.3. The summed E-state index contributed by atoms with van der Waals surface area (Å²) < 4.78 is 11.9. The van der Waals surface area contributed by atoms with Gasteiger partial charge < -0.3 is 14.9 Å². The molecule has 0 saturated heterocycles. The zero-order valence-corrected chi connectivity index (χ0v) is 14.1. The summed E-state index contributed by atoms with van der Waals surface area (Å²) in [5.74, 6) is 0.530. The molecule has 2 aromatic heterocycles. The first kappa shape index (κ1) is 15.6. The molecular formula is C17H18N2O3S. The van der Waals surface area contributed by atoms with E-state index in [1.165, 1.54) is 0 Å². The van der Waals surface area contributed by atoms with Crippen LogP contribution < -0.4 is 5.73 Å². The highest BCUT2D eigenvalue weighted by Crippen LogP contribution is 2.35. The molecule has 0 radical (unpaired) electrons. The first-order valence-corrected chi connectivity index (χ1v) is 8.33. The lowest BCUT2D eigenvalue weighted by molar-refractivity contribution is 0.0528. The molecule has 2 N–H and O–H groups in total. The Morgan fingerprint density at radius 3 is 2.87 bits per heavy atom. The molecule has 0 bridgehead atoms. The molecule has 0 atom stereocenters. The van der Waals surface area contributed by atoms with Gasteiger partial charge in [-0.05, 0) is 44.4 Å². The van der Waals surface area contributed by atoms with E-state index in [9.17, 15) is 4.79 Å². The number of fused-ring (bicyclic) bond motifs is 3. The molecule has 0 aliphatic rings. The van der Waals surface area contributed by atoms with Crippen LogP contribution in [0.15, 0.2) is 33.0 Å². The molecular weight excluding hydrogens is 312 g/mol. The van der Waals surface area contributed by atoms with Crippen molar-refractivity contribution in [1.82, 2.24) is 0 Å². The van der Waals surface area contributed by atoms with E-state index in [2.05, 4.69) is 4.99 Å². The van der Waals surface area contributed by atoms with E-state index in [1.54, 1.807) is 24.3 Å². The normalized spacial score (nSPS) is 12.4. The number of nitrogens with two attached hydrogens (primary N) is 1. The van der Waals surface area contributed by atoms with Crippen LogP contribution in [-0.2, 0) is 4.74 Å². The number of esters is 1. The maximum Gasteiger partial charge on any atom is 0.338 e. The Hall–Kier alpha value is -2.34. The Bertz CT molecular complexity index is 905. The Balaban J connectivity index is 2.21. The molecule has 5 nitrogen and oxygen atoms in total. The van der Waals surface area contributed by atoms with Gasteiger partial charge in [0, 0.05) is 21.5 Å². The van der Waals surface area contributed by atoms with E-state index in [0.717, 1.165) is 15.5 Å². The van der Waals surface area contributed by atoms with Gasteiger partial charge in [0.1, 0.15) is 5.58 Å². The summed E-state index contributed by atoms with van der Waals surface area (Å²) in [5, 5.41) is 3.75. The summed E-state index contributed by atoms with van der Waals surface area (Å²) in [4.78, 5) is 16.5. The van der Waals surface area contributed by atoms with Crippen LogP contribution in [0.1, 0.15) is 36.9 Å². The third-order valence-corrected chi connectivity index (χ3v) is 4.33. The Morgan fingerprint density at radius 1 is 1.39 bits per heavy atom. The Kier molecular flexibility index (Phi) is 4.09. The number of hydrogen-bond donors (Lipinski definition) is 1. The van der Waals surface area contributed by atoms with Crippen molar-refractivity contribution in [3.05, 3.63) is 34.9 Å². The van der Waals surface area contributed by atoms with Gasteiger partial charge >= 0.3 is 5.97 Å². The molecule has 6 heteroatoms. The minimum atomic E-state index is -0.348. The van der Waals surface area contributed by atoms with E-state index >= 15 is 0 Å². The molecule has 0 aliphatic carbocycles. The Labute approximate surface area is 137 Å². The lowest BCUT2D eigenvalue weighted by Gasteiger charge is -2.03. The van der Waals surface area contributed by atoms with E-state index in [1.807, 2.05) is 31.4 Å². The Morgan fingerprint density at radius 2 is 2.17 bits per heavy atom. The van der Waals surface area contributed by atoms with E-state index in [4.69, 9.17) is 14.9 Å². The van der Waals surface area contributed by atoms with Crippen molar-refractivity contribution >= 4 is 44.2 Å². The van der Waals surface area contributed by atoms with Crippen molar-refractivity contribution < 1.29 is 13.9 Å². The topological polar surface area (TPSA) is 77.8 Å². The molecule has 0 amide bonds. The maximum atomic E-state index is 12.2. The SMILES string of the molecule is CCOC(=O)c1cc2oc(C(N)=NC(C)C)cc2c2sccc12. The minimum absolute atomic E-state index is 0.0834. The summed E-state index contributed by atoms with van der Waals surface area (Å²) in [5.41, 5.74) is 7.11. The average molecular weight is 330 g/mol. The number of furan rings is 1. The lowest BCUT2D eigenvalue weighted by Crippen LogP contribution is -2.14. The third-order valence-electron chi connectivity index (χ3n) is 3.38. The number of thiophene rings is 1. The summed E-state index contributed by atoms with van der Waals surface area (Å²) in [6, 6.07) is 5.60. The summed E-state index contributed by atoms with van der Waals surface area (Å²) in [7, 11) is 0. The van der Waals surface area contributed by atoms with Crippen molar-refractivity contribution in [2.24, 2.45) is 10.7 Å². The van der Waals surface area contributed by atoms with Gasteiger partial charge in [0.25, 0.3) is 0 Å².